The Labute approximate surface area is 41.4 Å². The second kappa shape index (κ2) is 2.20. The molecule has 5 heteroatoms. The minimum absolute atomic E-state index is 0.385. The van der Waals surface area contributed by atoms with Crippen LogP contribution in [-0.4, -0.2) is 17.5 Å². The van der Waals surface area contributed by atoms with E-state index in [2.05, 4.69) is 0 Å². The first kappa shape index (κ1) is 6.80. The van der Waals surface area contributed by atoms with E-state index in [-0.39, 0.29) is 6.61 Å². The number of hydrogen-bond acceptors (Lipinski definition) is 5. The Morgan fingerprint density at radius 1 is 1.57 bits per heavy atom. The molecule has 0 aromatic carbocycles. The number of nitrogens with one attached hydrogen (secondary N) is 1. The molecule has 0 amide bonds. The van der Waals surface area contributed by atoms with Crippen LogP contribution in [0.4, 0.5) is 0 Å². The van der Waals surface area contributed by atoms with Crippen LogP contribution in [0.25, 0.3) is 0 Å². The minimum Gasteiger partial charge on any atom is -0.392 e. The Kier molecular flexibility index (Phi) is 2.13. The van der Waals surface area contributed by atoms with Crippen molar-refractivity contribution in [3.63, 3.8) is 0 Å². The van der Waals surface area contributed by atoms with Crippen LogP contribution in [0.3, 0.4) is 0 Å². The average Bonchev–Trinajstić information content (AvgIpc) is 1.68. The fourth-order valence-corrected chi connectivity index (χ4v) is 0.0456. The normalized spacial score (nSPS) is 12.0. The monoisotopic (exact) mass is 106 g/mol. The number of hydrazine groups is 1. The van der Waals surface area contributed by atoms with Gasteiger partial charge in [-0.05, 0) is 0 Å². The van der Waals surface area contributed by atoms with E-state index in [4.69, 9.17) is 22.4 Å². The summed E-state index contributed by atoms with van der Waals surface area (Å²) in [6.45, 7) is -0.385. The molecule has 0 atom stereocenters. The minimum atomic E-state index is -1.33. The molecule has 0 unspecified atom stereocenters. The lowest BCUT2D eigenvalue weighted by Gasteiger charge is -2.18. The van der Waals surface area contributed by atoms with Gasteiger partial charge in [-0.25, -0.2) is 5.43 Å². The lowest BCUT2D eigenvalue weighted by atomic mass is 10.4. The highest BCUT2D eigenvalue weighted by molar-refractivity contribution is 4.66. The third-order valence-electron chi connectivity index (χ3n) is 0.530. The Bertz CT molecular complexity index is 47.7. The molecule has 0 aliphatic rings. The second-order valence-electron chi connectivity index (χ2n) is 1.34. The molecule has 0 spiro atoms. The van der Waals surface area contributed by atoms with Crippen LogP contribution >= 0.6 is 0 Å². The summed E-state index contributed by atoms with van der Waals surface area (Å²) in [6.07, 6.45) is 0. The summed E-state index contributed by atoms with van der Waals surface area (Å²) in [7, 11) is 0. The van der Waals surface area contributed by atoms with Crippen molar-refractivity contribution < 1.29 is 5.11 Å². The van der Waals surface area contributed by atoms with Gasteiger partial charge in [0.2, 0.25) is 0 Å². The molecule has 0 bridgehead atoms. The fourth-order valence-electron chi connectivity index (χ4n) is 0.0456. The Hall–Kier alpha value is -0.200. The van der Waals surface area contributed by atoms with E-state index in [1.54, 1.807) is 0 Å². The molecule has 44 valence electrons. The van der Waals surface area contributed by atoms with Crippen molar-refractivity contribution in [1.29, 1.82) is 0 Å². The topological polar surface area (TPSA) is 110 Å². The molecule has 0 aliphatic heterocycles. The highest BCUT2D eigenvalue weighted by Gasteiger charge is 2.12. The molecular formula is C2H10N4O. The van der Waals surface area contributed by atoms with Crippen molar-refractivity contribution in [3.05, 3.63) is 0 Å². The van der Waals surface area contributed by atoms with E-state index in [1.807, 2.05) is 5.43 Å². The van der Waals surface area contributed by atoms with Gasteiger partial charge in [-0.2, -0.15) is 0 Å². The summed E-state index contributed by atoms with van der Waals surface area (Å²) >= 11 is 0. The number of aliphatic hydroxyl groups is 1. The fraction of sp³-hybridized carbons (Fsp3) is 1.00. The van der Waals surface area contributed by atoms with E-state index in [0.29, 0.717) is 0 Å². The molecule has 7 heavy (non-hydrogen) atoms. The molecule has 0 aliphatic carbocycles. The van der Waals surface area contributed by atoms with Crippen molar-refractivity contribution in [3.8, 4) is 0 Å². The van der Waals surface area contributed by atoms with Crippen molar-refractivity contribution in [2.24, 2.45) is 17.3 Å². The van der Waals surface area contributed by atoms with Crippen molar-refractivity contribution in [2.45, 2.75) is 5.79 Å². The Balaban J connectivity index is 3.36. The smallest absolute Gasteiger partial charge is 0.154 e. The quantitative estimate of drug-likeness (QED) is 0.146. The summed E-state index contributed by atoms with van der Waals surface area (Å²) in [4.78, 5) is 0. The predicted octanol–water partition coefficient (Wildman–Crippen LogP) is -2.99. The van der Waals surface area contributed by atoms with Crippen molar-refractivity contribution >= 4 is 0 Å². The molecule has 0 heterocycles. The van der Waals surface area contributed by atoms with Gasteiger partial charge >= 0.3 is 0 Å². The zero-order valence-corrected chi connectivity index (χ0v) is 3.89. The SMILES string of the molecule is NNC(N)(N)CO. The molecule has 0 fully saturated rings. The number of nitrogens with two attached hydrogens (primary N) is 3. The van der Waals surface area contributed by atoms with Gasteiger partial charge in [-0.1, -0.05) is 0 Å². The first-order valence-corrected chi connectivity index (χ1v) is 1.79. The molecule has 5 nitrogen and oxygen atoms in total. The van der Waals surface area contributed by atoms with E-state index in [1.165, 1.54) is 0 Å². The third kappa shape index (κ3) is 2.49. The number of rotatable bonds is 2. The van der Waals surface area contributed by atoms with Crippen molar-refractivity contribution in [2.75, 3.05) is 6.61 Å². The summed E-state index contributed by atoms with van der Waals surface area (Å²) in [6, 6.07) is 0. The van der Waals surface area contributed by atoms with E-state index < -0.39 is 5.79 Å². The Morgan fingerprint density at radius 2 is 2.00 bits per heavy atom. The van der Waals surface area contributed by atoms with Crippen LogP contribution in [0, 0.1) is 0 Å². The zero-order chi connectivity index (χ0) is 5.91. The van der Waals surface area contributed by atoms with Crippen LogP contribution in [-0.2, 0) is 0 Å². The molecular weight excluding hydrogens is 96.0 g/mol. The second-order valence-corrected chi connectivity index (χ2v) is 1.34. The summed E-state index contributed by atoms with van der Waals surface area (Å²) < 4.78 is 0. The molecule has 0 saturated carbocycles. The maximum Gasteiger partial charge on any atom is 0.154 e. The predicted molar refractivity (Wildman–Crippen MR) is 25.5 cm³/mol. The van der Waals surface area contributed by atoms with Gasteiger partial charge < -0.3 is 5.11 Å². The summed E-state index contributed by atoms with van der Waals surface area (Å²) in [5.41, 5.74) is 12.0. The molecule has 0 saturated heterocycles. The highest BCUT2D eigenvalue weighted by atomic mass is 16.3. The van der Waals surface area contributed by atoms with Gasteiger partial charge in [0.25, 0.3) is 0 Å². The maximum absolute atomic E-state index is 8.20. The number of hydrogen-bond donors (Lipinski definition) is 5. The van der Waals surface area contributed by atoms with Crippen LogP contribution in [0.5, 0.6) is 0 Å². The van der Waals surface area contributed by atoms with Gasteiger partial charge in [0.15, 0.2) is 5.79 Å². The van der Waals surface area contributed by atoms with Crippen LogP contribution in [0.15, 0.2) is 0 Å². The standard InChI is InChI=1S/C2H10N4O/c3-2(4,1-7)6-5/h6-7H,1,3-5H2. The van der Waals surface area contributed by atoms with Gasteiger partial charge in [0, 0.05) is 0 Å². The highest BCUT2D eigenvalue weighted by Crippen LogP contribution is 1.72. The van der Waals surface area contributed by atoms with Crippen molar-refractivity contribution in [1.82, 2.24) is 5.43 Å². The largest absolute Gasteiger partial charge is 0.392 e. The molecule has 0 aromatic rings. The molecule has 0 aromatic heterocycles. The third-order valence-corrected chi connectivity index (χ3v) is 0.530. The lowest BCUT2D eigenvalue weighted by molar-refractivity contribution is 0.171. The van der Waals surface area contributed by atoms with Gasteiger partial charge in [-0.15, -0.1) is 0 Å². The lowest BCUT2D eigenvalue weighted by Crippen LogP contribution is -2.66. The molecule has 0 radical (unpaired) electrons. The van der Waals surface area contributed by atoms with Crippen LogP contribution in [0.1, 0.15) is 0 Å². The van der Waals surface area contributed by atoms with Gasteiger partial charge in [0.1, 0.15) is 0 Å². The van der Waals surface area contributed by atoms with E-state index >= 15 is 0 Å². The zero-order valence-electron chi connectivity index (χ0n) is 3.89. The van der Waals surface area contributed by atoms with E-state index in [9.17, 15) is 0 Å². The van der Waals surface area contributed by atoms with E-state index in [0.717, 1.165) is 0 Å². The molecule has 8 N–H and O–H groups in total. The molecule has 0 rings (SSSR count). The first-order valence-electron chi connectivity index (χ1n) is 1.79. The first-order chi connectivity index (χ1) is 3.12. The van der Waals surface area contributed by atoms with Crippen LogP contribution < -0.4 is 22.7 Å². The maximum atomic E-state index is 8.20. The van der Waals surface area contributed by atoms with Gasteiger partial charge in [-0.3, -0.25) is 17.3 Å². The average molecular weight is 106 g/mol. The van der Waals surface area contributed by atoms with Gasteiger partial charge in [0.05, 0.1) is 6.61 Å². The summed E-state index contributed by atoms with van der Waals surface area (Å²) in [5.74, 6) is 3.42. The number of aliphatic hydroxyl groups excluding tert-OH is 1. The van der Waals surface area contributed by atoms with Crippen LogP contribution in [0.2, 0.25) is 0 Å². The summed E-state index contributed by atoms with van der Waals surface area (Å²) in [5, 5.41) is 8.20. The Morgan fingerprint density at radius 3 is 2.00 bits per heavy atom.